The molecule has 92 valence electrons. The zero-order valence-electron chi connectivity index (χ0n) is 10.5. The lowest BCUT2D eigenvalue weighted by Crippen LogP contribution is -2.55. The highest BCUT2D eigenvalue weighted by atomic mass is 16.2. The Kier molecular flexibility index (Phi) is 3.24. The number of amides is 1. The number of nitrogens with two attached hydrogens (primary N) is 1. The van der Waals surface area contributed by atoms with Crippen LogP contribution in [0.3, 0.4) is 0 Å². The van der Waals surface area contributed by atoms with Crippen molar-refractivity contribution in [3.63, 3.8) is 0 Å². The average molecular weight is 224 g/mol. The van der Waals surface area contributed by atoms with Crippen molar-refractivity contribution in [3.05, 3.63) is 0 Å². The maximum absolute atomic E-state index is 12.1. The van der Waals surface area contributed by atoms with Gasteiger partial charge in [0.15, 0.2) is 0 Å². The smallest absolute Gasteiger partial charge is 0.240 e. The molecule has 2 saturated carbocycles. The molecule has 0 spiro atoms. The number of carbonyl (C=O) groups excluding carboxylic acids is 1. The van der Waals surface area contributed by atoms with Crippen molar-refractivity contribution in [3.8, 4) is 0 Å². The van der Waals surface area contributed by atoms with E-state index in [1.54, 1.807) is 0 Å². The van der Waals surface area contributed by atoms with Crippen molar-refractivity contribution in [2.75, 3.05) is 0 Å². The van der Waals surface area contributed by atoms with Crippen LogP contribution < -0.4 is 11.1 Å². The van der Waals surface area contributed by atoms with Gasteiger partial charge in [-0.1, -0.05) is 19.8 Å². The van der Waals surface area contributed by atoms with Crippen LogP contribution in [0.15, 0.2) is 0 Å². The molecule has 0 aromatic carbocycles. The average Bonchev–Trinajstić information content (AvgIpc) is 3.08. The minimum Gasteiger partial charge on any atom is -0.352 e. The first-order chi connectivity index (χ1) is 7.54. The van der Waals surface area contributed by atoms with E-state index in [9.17, 15) is 4.79 Å². The molecule has 2 rings (SSSR count). The molecule has 2 atom stereocenters. The molecule has 16 heavy (non-hydrogen) atoms. The summed E-state index contributed by atoms with van der Waals surface area (Å²) in [5, 5.41) is 3.14. The van der Waals surface area contributed by atoms with E-state index >= 15 is 0 Å². The lowest BCUT2D eigenvalue weighted by atomic mass is 9.95. The maximum Gasteiger partial charge on any atom is 0.240 e. The van der Waals surface area contributed by atoms with Gasteiger partial charge in [0, 0.05) is 6.04 Å². The van der Waals surface area contributed by atoms with Crippen LogP contribution in [-0.2, 0) is 4.79 Å². The summed E-state index contributed by atoms with van der Waals surface area (Å²) < 4.78 is 0. The van der Waals surface area contributed by atoms with Gasteiger partial charge in [-0.2, -0.15) is 0 Å². The quantitative estimate of drug-likeness (QED) is 0.723. The SMILES string of the molecule is CCC(CC1CC1)NC(=O)C(C)(N)C1CC1. The summed E-state index contributed by atoms with van der Waals surface area (Å²) in [6.45, 7) is 4.02. The summed E-state index contributed by atoms with van der Waals surface area (Å²) >= 11 is 0. The summed E-state index contributed by atoms with van der Waals surface area (Å²) in [6.07, 6.45) is 7.06. The predicted octanol–water partition coefficient (Wildman–Crippen LogP) is 1.81. The minimum atomic E-state index is -0.642. The Morgan fingerprint density at radius 2 is 2.06 bits per heavy atom. The summed E-state index contributed by atoms with van der Waals surface area (Å²) in [5.41, 5.74) is 5.46. The molecule has 0 saturated heterocycles. The van der Waals surface area contributed by atoms with E-state index in [0.29, 0.717) is 12.0 Å². The molecule has 0 heterocycles. The molecular weight excluding hydrogens is 200 g/mol. The first-order valence-corrected chi connectivity index (χ1v) is 6.63. The van der Waals surface area contributed by atoms with Crippen molar-refractivity contribution in [1.29, 1.82) is 0 Å². The molecule has 0 aromatic rings. The lowest BCUT2D eigenvalue weighted by molar-refractivity contribution is -0.127. The number of hydrogen-bond acceptors (Lipinski definition) is 2. The van der Waals surface area contributed by atoms with Gasteiger partial charge in [-0.15, -0.1) is 0 Å². The monoisotopic (exact) mass is 224 g/mol. The van der Waals surface area contributed by atoms with Gasteiger partial charge in [0.2, 0.25) is 5.91 Å². The van der Waals surface area contributed by atoms with Crippen molar-refractivity contribution in [2.24, 2.45) is 17.6 Å². The fourth-order valence-corrected chi connectivity index (χ4v) is 2.29. The Labute approximate surface area is 98.2 Å². The molecule has 0 aromatic heterocycles. The fraction of sp³-hybridized carbons (Fsp3) is 0.923. The number of rotatable bonds is 6. The third-order valence-electron chi connectivity index (χ3n) is 4.06. The molecular formula is C13H24N2O. The normalized spacial score (nSPS) is 25.9. The third kappa shape index (κ3) is 2.76. The maximum atomic E-state index is 12.1. The summed E-state index contributed by atoms with van der Waals surface area (Å²) in [7, 11) is 0. The van der Waals surface area contributed by atoms with E-state index < -0.39 is 5.54 Å². The van der Waals surface area contributed by atoms with Crippen LogP contribution in [0.4, 0.5) is 0 Å². The Morgan fingerprint density at radius 1 is 1.44 bits per heavy atom. The van der Waals surface area contributed by atoms with E-state index in [-0.39, 0.29) is 5.91 Å². The molecule has 3 heteroatoms. The summed E-state index contributed by atoms with van der Waals surface area (Å²) in [4.78, 5) is 12.1. The van der Waals surface area contributed by atoms with Gasteiger partial charge in [0.05, 0.1) is 5.54 Å². The summed E-state index contributed by atoms with van der Waals surface area (Å²) in [6, 6.07) is 0.335. The Bertz CT molecular complexity index is 267. The molecule has 2 unspecified atom stereocenters. The van der Waals surface area contributed by atoms with Crippen LogP contribution in [0.5, 0.6) is 0 Å². The fourth-order valence-electron chi connectivity index (χ4n) is 2.29. The van der Waals surface area contributed by atoms with Crippen LogP contribution in [0, 0.1) is 11.8 Å². The van der Waals surface area contributed by atoms with Crippen LogP contribution in [0.1, 0.15) is 52.4 Å². The van der Waals surface area contributed by atoms with E-state index in [0.717, 1.165) is 31.6 Å². The zero-order valence-corrected chi connectivity index (χ0v) is 10.5. The third-order valence-corrected chi connectivity index (χ3v) is 4.06. The van der Waals surface area contributed by atoms with Crippen molar-refractivity contribution < 1.29 is 4.79 Å². The molecule has 1 amide bonds. The van der Waals surface area contributed by atoms with Crippen LogP contribution in [0.2, 0.25) is 0 Å². The second-order valence-electron chi connectivity index (χ2n) is 5.81. The molecule has 2 aliphatic carbocycles. The van der Waals surface area contributed by atoms with Gasteiger partial charge in [0.1, 0.15) is 0 Å². The minimum absolute atomic E-state index is 0.0579. The van der Waals surface area contributed by atoms with Gasteiger partial charge in [0.25, 0.3) is 0 Å². The van der Waals surface area contributed by atoms with E-state index in [1.165, 1.54) is 12.8 Å². The highest BCUT2D eigenvalue weighted by molar-refractivity contribution is 5.86. The highest BCUT2D eigenvalue weighted by Gasteiger charge is 2.44. The number of carbonyl (C=O) groups is 1. The topological polar surface area (TPSA) is 55.1 Å². The van der Waals surface area contributed by atoms with Crippen LogP contribution >= 0.6 is 0 Å². The second-order valence-corrected chi connectivity index (χ2v) is 5.81. The first kappa shape index (κ1) is 11.9. The molecule has 3 nitrogen and oxygen atoms in total. The molecule has 2 fully saturated rings. The summed E-state index contributed by atoms with van der Waals surface area (Å²) in [5.74, 6) is 1.32. The van der Waals surface area contributed by atoms with Crippen molar-refractivity contribution in [2.45, 2.75) is 64.0 Å². The number of hydrogen-bond donors (Lipinski definition) is 2. The van der Waals surface area contributed by atoms with Gasteiger partial charge in [-0.05, 0) is 44.4 Å². The highest BCUT2D eigenvalue weighted by Crippen LogP contribution is 2.38. The van der Waals surface area contributed by atoms with Gasteiger partial charge in [-0.25, -0.2) is 0 Å². The van der Waals surface area contributed by atoms with Crippen LogP contribution in [0.25, 0.3) is 0 Å². The molecule has 2 aliphatic rings. The van der Waals surface area contributed by atoms with E-state index in [1.807, 2.05) is 6.92 Å². The van der Waals surface area contributed by atoms with Gasteiger partial charge < -0.3 is 11.1 Å². The van der Waals surface area contributed by atoms with Crippen LogP contribution in [-0.4, -0.2) is 17.5 Å². The number of nitrogens with one attached hydrogen (secondary N) is 1. The molecule has 0 bridgehead atoms. The Hall–Kier alpha value is -0.570. The Morgan fingerprint density at radius 3 is 2.50 bits per heavy atom. The van der Waals surface area contributed by atoms with E-state index in [2.05, 4.69) is 12.2 Å². The Balaban J connectivity index is 1.83. The molecule has 3 N–H and O–H groups in total. The lowest BCUT2D eigenvalue weighted by Gasteiger charge is -2.27. The van der Waals surface area contributed by atoms with Crippen molar-refractivity contribution in [1.82, 2.24) is 5.32 Å². The van der Waals surface area contributed by atoms with Gasteiger partial charge >= 0.3 is 0 Å². The zero-order chi connectivity index (χ0) is 11.8. The second kappa shape index (κ2) is 4.36. The molecule has 0 radical (unpaired) electrons. The predicted molar refractivity (Wildman–Crippen MR) is 64.9 cm³/mol. The van der Waals surface area contributed by atoms with Gasteiger partial charge in [-0.3, -0.25) is 4.79 Å². The van der Waals surface area contributed by atoms with Crippen molar-refractivity contribution >= 4 is 5.91 Å². The molecule has 0 aliphatic heterocycles. The van der Waals surface area contributed by atoms with E-state index in [4.69, 9.17) is 5.73 Å². The largest absolute Gasteiger partial charge is 0.352 e. The standard InChI is InChI=1S/C13H24N2O/c1-3-11(8-9-4-5-9)15-12(16)13(2,14)10-6-7-10/h9-11H,3-8,14H2,1-2H3,(H,15,16). The first-order valence-electron chi connectivity index (χ1n) is 6.63.